The summed E-state index contributed by atoms with van der Waals surface area (Å²) in [6, 6.07) is 10.5. The van der Waals surface area contributed by atoms with Crippen molar-refractivity contribution in [3.63, 3.8) is 0 Å². The predicted octanol–water partition coefficient (Wildman–Crippen LogP) is 3.29. The summed E-state index contributed by atoms with van der Waals surface area (Å²) in [5.41, 5.74) is 1.00. The summed E-state index contributed by atoms with van der Waals surface area (Å²) < 4.78 is 13.5. The molecule has 1 amide bonds. The summed E-state index contributed by atoms with van der Waals surface area (Å²) in [4.78, 5) is 17.3. The first-order valence-corrected chi connectivity index (χ1v) is 10.6. The Labute approximate surface area is 169 Å². The Hall–Kier alpha value is -2.41. The van der Waals surface area contributed by atoms with Crippen molar-refractivity contribution < 1.29 is 9.18 Å². The molecule has 28 heavy (non-hydrogen) atoms. The van der Waals surface area contributed by atoms with Crippen molar-refractivity contribution in [2.75, 3.05) is 26.2 Å². The highest BCUT2D eigenvalue weighted by Gasteiger charge is 2.44. The van der Waals surface area contributed by atoms with Gasteiger partial charge in [0.25, 0.3) is 5.91 Å². The smallest absolute Gasteiger partial charge is 0.261 e. The Morgan fingerprint density at radius 2 is 2.00 bits per heavy atom. The van der Waals surface area contributed by atoms with Crippen LogP contribution in [0.2, 0.25) is 0 Å². The van der Waals surface area contributed by atoms with E-state index in [-0.39, 0.29) is 17.1 Å². The number of hydrogen-bond acceptors (Lipinski definition) is 3. The first-order valence-electron chi connectivity index (χ1n) is 9.73. The molecular formula is C21H27FN4OS. The van der Waals surface area contributed by atoms with Crippen LogP contribution in [0.5, 0.6) is 0 Å². The molecule has 0 spiro atoms. The first-order chi connectivity index (χ1) is 13.6. The second-order valence-electron chi connectivity index (χ2n) is 7.00. The average Bonchev–Trinajstić information content (AvgIpc) is 3.28. The van der Waals surface area contributed by atoms with Gasteiger partial charge in [-0.25, -0.2) is 4.39 Å². The molecule has 1 heterocycles. The molecule has 5 nitrogen and oxygen atoms in total. The third-order valence-corrected chi connectivity index (χ3v) is 5.72. The Kier molecular flexibility index (Phi) is 7.03. The minimum absolute atomic E-state index is 0.0265. The Balaban J connectivity index is 1.45. The van der Waals surface area contributed by atoms with E-state index in [9.17, 15) is 9.18 Å². The van der Waals surface area contributed by atoms with E-state index < -0.39 is 0 Å². The number of amides is 1. The molecule has 3 N–H and O–H groups in total. The number of thiophene rings is 1. The van der Waals surface area contributed by atoms with E-state index in [1.165, 1.54) is 17.4 Å². The van der Waals surface area contributed by atoms with Crippen molar-refractivity contribution in [1.29, 1.82) is 0 Å². The molecule has 1 aliphatic carbocycles. The van der Waals surface area contributed by atoms with Gasteiger partial charge in [-0.3, -0.25) is 9.79 Å². The quantitative estimate of drug-likeness (QED) is 0.343. The lowest BCUT2D eigenvalue weighted by molar-refractivity contribution is 0.0957. The van der Waals surface area contributed by atoms with Gasteiger partial charge in [0.2, 0.25) is 0 Å². The molecule has 2 aromatic rings. The molecule has 150 valence electrons. The lowest BCUT2D eigenvalue weighted by atomic mass is 9.96. The highest BCUT2D eigenvalue weighted by molar-refractivity contribution is 7.12. The molecule has 0 unspecified atom stereocenters. The lowest BCUT2D eigenvalue weighted by Crippen LogP contribution is -2.39. The molecule has 1 saturated carbocycles. The van der Waals surface area contributed by atoms with Crippen molar-refractivity contribution in [2.24, 2.45) is 4.99 Å². The number of guanidine groups is 1. The maximum atomic E-state index is 13.5. The summed E-state index contributed by atoms with van der Waals surface area (Å²) in [7, 11) is 0. The standard InChI is InChI=1S/C21H27FN4OS/c1-2-23-20(25-12-5-11-24-19(27)18-8-4-13-28-18)26-15-21(9-10-21)16-6-3-7-17(22)14-16/h3-4,6-8,13-14H,2,5,9-12,15H2,1H3,(H,24,27)(H2,23,25,26). The number of nitrogens with one attached hydrogen (secondary N) is 3. The second kappa shape index (κ2) is 9.68. The Bertz CT molecular complexity index is 802. The first kappa shape index (κ1) is 20.3. The summed E-state index contributed by atoms with van der Waals surface area (Å²) in [5, 5.41) is 11.4. The van der Waals surface area contributed by atoms with Gasteiger partial charge >= 0.3 is 0 Å². The van der Waals surface area contributed by atoms with Crippen LogP contribution in [0.3, 0.4) is 0 Å². The molecule has 1 aromatic carbocycles. The van der Waals surface area contributed by atoms with Gasteiger partial charge in [-0.15, -0.1) is 11.3 Å². The monoisotopic (exact) mass is 402 g/mol. The minimum atomic E-state index is -0.192. The van der Waals surface area contributed by atoms with Crippen molar-refractivity contribution in [2.45, 2.75) is 31.6 Å². The zero-order valence-corrected chi connectivity index (χ0v) is 16.9. The van der Waals surface area contributed by atoms with Crippen LogP contribution in [-0.2, 0) is 5.41 Å². The number of hydrogen-bond donors (Lipinski definition) is 3. The molecule has 1 aromatic heterocycles. The van der Waals surface area contributed by atoms with Gasteiger partial charge in [0.15, 0.2) is 5.96 Å². The van der Waals surface area contributed by atoms with Crippen molar-refractivity contribution in [1.82, 2.24) is 16.0 Å². The SMILES string of the molecule is CCNC(=NCC1(c2cccc(F)c2)CC1)NCCCNC(=O)c1cccs1. The largest absolute Gasteiger partial charge is 0.357 e. The van der Waals surface area contributed by atoms with Gasteiger partial charge in [-0.1, -0.05) is 18.2 Å². The molecule has 0 radical (unpaired) electrons. The van der Waals surface area contributed by atoms with Gasteiger partial charge < -0.3 is 16.0 Å². The van der Waals surface area contributed by atoms with Crippen LogP contribution in [-0.4, -0.2) is 38.0 Å². The van der Waals surface area contributed by atoms with E-state index in [2.05, 4.69) is 16.0 Å². The fraction of sp³-hybridized carbons (Fsp3) is 0.429. The molecule has 1 fully saturated rings. The predicted molar refractivity (Wildman–Crippen MR) is 113 cm³/mol. The van der Waals surface area contributed by atoms with Gasteiger partial charge in [0.1, 0.15) is 5.82 Å². The zero-order chi connectivity index (χ0) is 19.8. The van der Waals surface area contributed by atoms with E-state index in [0.717, 1.165) is 42.2 Å². The van der Waals surface area contributed by atoms with Crippen LogP contribution < -0.4 is 16.0 Å². The summed E-state index contributed by atoms with van der Waals surface area (Å²) in [6.07, 6.45) is 2.87. The van der Waals surface area contributed by atoms with Crippen LogP contribution in [0.25, 0.3) is 0 Å². The Morgan fingerprint density at radius 3 is 2.68 bits per heavy atom. The molecule has 0 bridgehead atoms. The maximum absolute atomic E-state index is 13.5. The topological polar surface area (TPSA) is 65.5 Å². The highest BCUT2D eigenvalue weighted by Crippen LogP contribution is 2.48. The van der Waals surface area contributed by atoms with E-state index in [0.29, 0.717) is 19.6 Å². The number of nitrogens with zero attached hydrogens (tertiary/aromatic N) is 1. The average molecular weight is 403 g/mol. The van der Waals surface area contributed by atoms with E-state index in [1.54, 1.807) is 12.1 Å². The maximum Gasteiger partial charge on any atom is 0.261 e. The molecule has 1 aliphatic rings. The third-order valence-electron chi connectivity index (χ3n) is 4.85. The van der Waals surface area contributed by atoms with Crippen LogP contribution in [0, 0.1) is 5.82 Å². The van der Waals surface area contributed by atoms with Gasteiger partial charge in [0, 0.05) is 25.0 Å². The fourth-order valence-electron chi connectivity index (χ4n) is 3.07. The summed E-state index contributed by atoms with van der Waals surface area (Å²) in [5.74, 6) is 0.540. The molecule has 3 rings (SSSR count). The van der Waals surface area contributed by atoms with Crippen molar-refractivity contribution in [3.8, 4) is 0 Å². The number of rotatable bonds is 9. The van der Waals surface area contributed by atoms with Crippen LogP contribution in [0.1, 0.15) is 41.4 Å². The van der Waals surface area contributed by atoms with E-state index in [1.807, 2.05) is 30.5 Å². The molecule has 0 saturated heterocycles. The normalized spacial score (nSPS) is 15.1. The molecule has 0 atom stereocenters. The number of halogens is 1. The molecular weight excluding hydrogens is 375 g/mol. The molecule has 7 heteroatoms. The van der Waals surface area contributed by atoms with E-state index in [4.69, 9.17) is 4.99 Å². The number of aliphatic imine (C=N–C) groups is 1. The zero-order valence-electron chi connectivity index (χ0n) is 16.1. The Morgan fingerprint density at radius 1 is 1.18 bits per heavy atom. The fourth-order valence-corrected chi connectivity index (χ4v) is 3.71. The van der Waals surface area contributed by atoms with Crippen LogP contribution >= 0.6 is 11.3 Å². The van der Waals surface area contributed by atoms with Crippen molar-refractivity contribution >= 4 is 23.2 Å². The van der Waals surface area contributed by atoms with Gasteiger partial charge in [-0.2, -0.15) is 0 Å². The minimum Gasteiger partial charge on any atom is -0.357 e. The third kappa shape index (κ3) is 5.55. The van der Waals surface area contributed by atoms with Crippen molar-refractivity contribution in [3.05, 3.63) is 58.0 Å². The molecule has 0 aliphatic heterocycles. The van der Waals surface area contributed by atoms with Crippen LogP contribution in [0.4, 0.5) is 4.39 Å². The number of carbonyl (C=O) groups is 1. The highest BCUT2D eigenvalue weighted by atomic mass is 32.1. The van der Waals surface area contributed by atoms with E-state index >= 15 is 0 Å². The second-order valence-corrected chi connectivity index (χ2v) is 7.95. The summed E-state index contributed by atoms with van der Waals surface area (Å²) >= 11 is 1.44. The summed E-state index contributed by atoms with van der Waals surface area (Å²) in [6.45, 7) is 4.76. The number of benzene rings is 1. The lowest BCUT2D eigenvalue weighted by Gasteiger charge is -2.16. The van der Waals surface area contributed by atoms with Crippen LogP contribution in [0.15, 0.2) is 46.8 Å². The van der Waals surface area contributed by atoms with Gasteiger partial charge in [0.05, 0.1) is 11.4 Å². The number of carbonyl (C=O) groups excluding carboxylic acids is 1. The van der Waals surface area contributed by atoms with Gasteiger partial charge in [-0.05, 0) is 55.3 Å².